The standard InChI is InChI=1S/C18H29N3O2S/c1-14-17(24-15(2)19-14)18(22)21(16-6-12-23-13-7-16)11-5-10-20-8-3-4-9-20/h16H,3-13H2,1-2H3. The second-order valence-corrected chi connectivity index (χ2v) is 8.10. The van der Waals surface area contributed by atoms with Crippen LogP contribution >= 0.6 is 11.3 Å². The Labute approximate surface area is 149 Å². The van der Waals surface area contributed by atoms with Gasteiger partial charge in [-0.05, 0) is 65.6 Å². The van der Waals surface area contributed by atoms with Crippen LogP contribution in [0.4, 0.5) is 0 Å². The van der Waals surface area contributed by atoms with Gasteiger partial charge < -0.3 is 14.5 Å². The van der Waals surface area contributed by atoms with E-state index in [1.54, 1.807) is 0 Å². The van der Waals surface area contributed by atoms with Crippen LogP contribution in [0.15, 0.2) is 0 Å². The summed E-state index contributed by atoms with van der Waals surface area (Å²) in [4.78, 5) is 23.0. The number of ether oxygens (including phenoxy) is 1. The largest absolute Gasteiger partial charge is 0.381 e. The van der Waals surface area contributed by atoms with Crippen molar-refractivity contribution in [3.63, 3.8) is 0 Å². The van der Waals surface area contributed by atoms with Crippen molar-refractivity contribution in [2.75, 3.05) is 39.4 Å². The predicted octanol–water partition coefficient (Wildman–Crippen LogP) is 2.87. The van der Waals surface area contributed by atoms with Gasteiger partial charge in [0.15, 0.2) is 0 Å². The second kappa shape index (κ2) is 8.41. The second-order valence-electron chi connectivity index (χ2n) is 6.89. The van der Waals surface area contributed by atoms with Gasteiger partial charge in [-0.1, -0.05) is 0 Å². The Morgan fingerprint density at radius 2 is 2.00 bits per heavy atom. The summed E-state index contributed by atoms with van der Waals surface area (Å²) in [5.41, 5.74) is 0.874. The van der Waals surface area contributed by atoms with Crippen molar-refractivity contribution >= 4 is 17.2 Å². The minimum absolute atomic E-state index is 0.173. The van der Waals surface area contributed by atoms with Crippen LogP contribution in [0.5, 0.6) is 0 Å². The Kier molecular flexibility index (Phi) is 6.25. The van der Waals surface area contributed by atoms with Crippen LogP contribution in [-0.4, -0.2) is 66.1 Å². The topological polar surface area (TPSA) is 45.7 Å². The summed E-state index contributed by atoms with van der Waals surface area (Å²) in [5.74, 6) is 0.173. The molecule has 134 valence electrons. The van der Waals surface area contributed by atoms with E-state index in [-0.39, 0.29) is 5.91 Å². The van der Waals surface area contributed by atoms with E-state index < -0.39 is 0 Å². The minimum Gasteiger partial charge on any atom is -0.381 e. The Morgan fingerprint density at radius 1 is 1.29 bits per heavy atom. The average Bonchev–Trinajstić information content (AvgIpc) is 3.21. The maximum absolute atomic E-state index is 13.1. The van der Waals surface area contributed by atoms with Crippen LogP contribution in [-0.2, 0) is 4.74 Å². The van der Waals surface area contributed by atoms with Gasteiger partial charge in [-0.15, -0.1) is 11.3 Å². The lowest BCUT2D eigenvalue weighted by atomic mass is 10.1. The first-order chi connectivity index (χ1) is 11.6. The molecule has 3 rings (SSSR count). The third kappa shape index (κ3) is 4.35. The quantitative estimate of drug-likeness (QED) is 0.791. The molecule has 0 unspecified atom stereocenters. The van der Waals surface area contributed by atoms with Gasteiger partial charge in [-0.3, -0.25) is 4.79 Å². The molecule has 2 aliphatic heterocycles. The minimum atomic E-state index is 0.173. The smallest absolute Gasteiger partial charge is 0.266 e. The normalized spacial score (nSPS) is 19.8. The zero-order valence-corrected chi connectivity index (χ0v) is 15.7. The zero-order chi connectivity index (χ0) is 16.9. The lowest BCUT2D eigenvalue weighted by Gasteiger charge is -2.34. The number of hydrogen-bond acceptors (Lipinski definition) is 5. The predicted molar refractivity (Wildman–Crippen MR) is 96.8 cm³/mol. The molecule has 1 aromatic heterocycles. The third-order valence-corrected chi connectivity index (χ3v) is 6.12. The number of aryl methyl sites for hydroxylation is 2. The molecule has 0 N–H and O–H groups in total. The summed E-state index contributed by atoms with van der Waals surface area (Å²) >= 11 is 1.53. The number of nitrogens with zero attached hydrogens (tertiary/aromatic N) is 3. The third-order valence-electron chi connectivity index (χ3n) is 5.06. The highest BCUT2D eigenvalue weighted by Crippen LogP contribution is 2.24. The van der Waals surface area contributed by atoms with Crippen molar-refractivity contribution in [3.8, 4) is 0 Å². The molecule has 0 saturated carbocycles. The Morgan fingerprint density at radius 3 is 2.62 bits per heavy atom. The molecule has 1 aromatic rings. The molecule has 0 aliphatic carbocycles. The molecule has 5 nitrogen and oxygen atoms in total. The molecule has 24 heavy (non-hydrogen) atoms. The van der Waals surface area contributed by atoms with Crippen molar-refractivity contribution in [3.05, 3.63) is 15.6 Å². The van der Waals surface area contributed by atoms with Crippen LogP contribution in [0.3, 0.4) is 0 Å². The Balaban J connectivity index is 1.66. The maximum Gasteiger partial charge on any atom is 0.266 e. The van der Waals surface area contributed by atoms with Crippen LogP contribution in [0, 0.1) is 13.8 Å². The number of thiazole rings is 1. The van der Waals surface area contributed by atoms with Gasteiger partial charge in [0.05, 0.1) is 10.7 Å². The fraction of sp³-hybridized carbons (Fsp3) is 0.778. The first-order valence-corrected chi connectivity index (χ1v) is 10.0. The van der Waals surface area contributed by atoms with E-state index in [1.165, 1.54) is 37.3 Å². The molecule has 0 spiro atoms. The molecule has 0 bridgehead atoms. The van der Waals surface area contributed by atoms with Crippen molar-refractivity contribution in [2.45, 2.75) is 52.0 Å². The summed E-state index contributed by atoms with van der Waals surface area (Å²) < 4.78 is 5.49. The first kappa shape index (κ1) is 17.8. The van der Waals surface area contributed by atoms with E-state index in [9.17, 15) is 4.79 Å². The highest BCUT2D eigenvalue weighted by Gasteiger charge is 2.28. The van der Waals surface area contributed by atoms with E-state index in [0.717, 1.165) is 61.1 Å². The monoisotopic (exact) mass is 351 g/mol. The van der Waals surface area contributed by atoms with Gasteiger partial charge in [-0.2, -0.15) is 0 Å². The number of hydrogen-bond donors (Lipinski definition) is 0. The van der Waals surface area contributed by atoms with Crippen LogP contribution in [0.25, 0.3) is 0 Å². The molecular formula is C18H29N3O2S. The number of carbonyl (C=O) groups excluding carboxylic acids is 1. The first-order valence-electron chi connectivity index (χ1n) is 9.20. The van der Waals surface area contributed by atoms with Crippen LogP contribution in [0.1, 0.15) is 52.5 Å². The summed E-state index contributed by atoms with van der Waals surface area (Å²) in [7, 11) is 0. The molecule has 2 aliphatic rings. The average molecular weight is 352 g/mol. The molecule has 1 amide bonds. The summed E-state index contributed by atoms with van der Waals surface area (Å²) in [6.45, 7) is 9.84. The van der Waals surface area contributed by atoms with Gasteiger partial charge in [0.1, 0.15) is 4.88 Å². The molecule has 3 heterocycles. The van der Waals surface area contributed by atoms with Gasteiger partial charge in [-0.25, -0.2) is 4.98 Å². The van der Waals surface area contributed by atoms with E-state index in [0.29, 0.717) is 6.04 Å². The number of amides is 1. The van der Waals surface area contributed by atoms with Crippen molar-refractivity contribution in [2.24, 2.45) is 0 Å². The summed E-state index contributed by atoms with van der Waals surface area (Å²) in [6.07, 6.45) is 5.60. The molecule has 6 heteroatoms. The lowest BCUT2D eigenvalue weighted by Crippen LogP contribution is -2.44. The number of carbonyl (C=O) groups is 1. The fourth-order valence-corrected chi connectivity index (χ4v) is 4.65. The molecule has 0 atom stereocenters. The van der Waals surface area contributed by atoms with Crippen molar-refractivity contribution in [1.82, 2.24) is 14.8 Å². The van der Waals surface area contributed by atoms with Gasteiger partial charge in [0.25, 0.3) is 5.91 Å². The van der Waals surface area contributed by atoms with Crippen molar-refractivity contribution < 1.29 is 9.53 Å². The van der Waals surface area contributed by atoms with E-state index >= 15 is 0 Å². The summed E-state index contributed by atoms with van der Waals surface area (Å²) in [5, 5.41) is 0.972. The highest BCUT2D eigenvalue weighted by molar-refractivity contribution is 7.13. The van der Waals surface area contributed by atoms with E-state index in [4.69, 9.17) is 4.74 Å². The molecule has 0 aromatic carbocycles. The van der Waals surface area contributed by atoms with Crippen LogP contribution < -0.4 is 0 Å². The van der Waals surface area contributed by atoms with Crippen molar-refractivity contribution in [1.29, 1.82) is 0 Å². The molecule has 2 saturated heterocycles. The van der Waals surface area contributed by atoms with Gasteiger partial charge in [0, 0.05) is 25.8 Å². The molecule has 2 fully saturated rings. The lowest BCUT2D eigenvalue weighted by molar-refractivity contribution is 0.0284. The van der Waals surface area contributed by atoms with E-state index in [1.807, 2.05) is 13.8 Å². The maximum atomic E-state index is 13.1. The number of aromatic nitrogens is 1. The number of likely N-dealkylation sites (tertiary alicyclic amines) is 1. The molecular weight excluding hydrogens is 322 g/mol. The SMILES string of the molecule is Cc1nc(C)c(C(=O)N(CCCN2CCCC2)C2CCOCC2)s1. The van der Waals surface area contributed by atoms with Gasteiger partial charge >= 0.3 is 0 Å². The zero-order valence-electron chi connectivity index (χ0n) is 14.9. The Bertz CT molecular complexity index is 548. The number of rotatable bonds is 6. The Hall–Kier alpha value is -0.980. The molecule has 0 radical (unpaired) electrons. The van der Waals surface area contributed by atoms with Gasteiger partial charge in [0.2, 0.25) is 0 Å². The fourth-order valence-electron chi connectivity index (χ4n) is 3.78. The van der Waals surface area contributed by atoms with E-state index in [2.05, 4.69) is 14.8 Å². The van der Waals surface area contributed by atoms with Crippen LogP contribution in [0.2, 0.25) is 0 Å². The highest BCUT2D eigenvalue weighted by atomic mass is 32.1. The summed E-state index contributed by atoms with van der Waals surface area (Å²) in [6, 6.07) is 0.312.